The van der Waals surface area contributed by atoms with Crippen molar-refractivity contribution in [3.63, 3.8) is 0 Å². The zero-order valence-electron chi connectivity index (χ0n) is 13.5. The number of hydrogen-bond donors (Lipinski definition) is 1. The van der Waals surface area contributed by atoms with Crippen LogP contribution in [-0.2, 0) is 23.0 Å². The summed E-state index contributed by atoms with van der Waals surface area (Å²) in [4.78, 5) is 4.17. The number of nitrogens with one attached hydrogen (secondary N) is 1. The molecule has 8 heteroatoms. The lowest BCUT2D eigenvalue weighted by Crippen LogP contribution is -2.19. The second kappa shape index (κ2) is 5.77. The molecular weight excluding hydrogens is 328 g/mol. The summed E-state index contributed by atoms with van der Waals surface area (Å²) in [6.07, 6.45) is 5.54. The minimum atomic E-state index is -3.72. The Hall–Kier alpha value is -2.09. The third kappa shape index (κ3) is 2.86. The van der Waals surface area contributed by atoms with E-state index in [4.69, 9.17) is 4.74 Å². The first-order valence-electron chi connectivity index (χ1n) is 8.29. The highest BCUT2D eigenvalue weighted by molar-refractivity contribution is 7.92. The molecule has 2 aromatic heterocycles. The standard InChI is InChI=1S/C16H20N4O3S/c1-2-20-16(9-13(18-20)11-5-6-11)24(21,22)19-15-8-12-4-3-7-23-14(12)10-17-15/h8-11H,2-7H2,1H3,(H,17,19). The summed E-state index contributed by atoms with van der Waals surface area (Å²) in [7, 11) is -3.72. The molecule has 7 nitrogen and oxygen atoms in total. The van der Waals surface area contributed by atoms with Crippen molar-refractivity contribution in [3.05, 3.63) is 29.6 Å². The van der Waals surface area contributed by atoms with Crippen molar-refractivity contribution in [2.24, 2.45) is 0 Å². The lowest BCUT2D eigenvalue weighted by Gasteiger charge is -2.17. The molecule has 24 heavy (non-hydrogen) atoms. The van der Waals surface area contributed by atoms with Gasteiger partial charge < -0.3 is 4.74 Å². The predicted octanol–water partition coefficient (Wildman–Crippen LogP) is 2.30. The van der Waals surface area contributed by atoms with E-state index in [1.807, 2.05) is 6.92 Å². The van der Waals surface area contributed by atoms with E-state index >= 15 is 0 Å². The summed E-state index contributed by atoms with van der Waals surface area (Å²) in [5.41, 5.74) is 1.85. The number of rotatable bonds is 5. The van der Waals surface area contributed by atoms with Gasteiger partial charge in [-0.1, -0.05) is 0 Å². The van der Waals surface area contributed by atoms with E-state index < -0.39 is 10.0 Å². The Morgan fingerprint density at radius 2 is 2.21 bits per heavy atom. The van der Waals surface area contributed by atoms with E-state index in [0.717, 1.165) is 42.7 Å². The molecule has 4 rings (SSSR count). The van der Waals surface area contributed by atoms with Crippen LogP contribution in [0.5, 0.6) is 5.75 Å². The third-order valence-electron chi connectivity index (χ3n) is 4.37. The van der Waals surface area contributed by atoms with Crippen molar-refractivity contribution in [1.29, 1.82) is 0 Å². The topological polar surface area (TPSA) is 86.1 Å². The number of hydrogen-bond acceptors (Lipinski definition) is 5. The van der Waals surface area contributed by atoms with Crippen molar-refractivity contribution in [3.8, 4) is 5.75 Å². The molecule has 3 heterocycles. The average Bonchev–Trinajstić information content (AvgIpc) is 3.33. The van der Waals surface area contributed by atoms with Crippen LogP contribution in [0.1, 0.15) is 43.4 Å². The van der Waals surface area contributed by atoms with Crippen molar-refractivity contribution in [2.45, 2.75) is 50.1 Å². The van der Waals surface area contributed by atoms with Gasteiger partial charge >= 0.3 is 0 Å². The summed E-state index contributed by atoms with van der Waals surface area (Å²) in [5.74, 6) is 1.46. The van der Waals surface area contributed by atoms with E-state index in [1.165, 1.54) is 4.68 Å². The maximum Gasteiger partial charge on any atom is 0.280 e. The van der Waals surface area contributed by atoms with E-state index in [1.54, 1.807) is 18.3 Å². The first-order chi connectivity index (χ1) is 11.6. The van der Waals surface area contributed by atoms with Gasteiger partial charge in [-0.25, -0.2) is 4.98 Å². The van der Waals surface area contributed by atoms with Gasteiger partial charge in [0.25, 0.3) is 10.0 Å². The number of nitrogens with zero attached hydrogens (tertiary/aromatic N) is 3. The molecule has 1 aliphatic heterocycles. The summed E-state index contributed by atoms with van der Waals surface area (Å²) in [5, 5.41) is 4.62. The molecule has 128 valence electrons. The highest BCUT2D eigenvalue weighted by Crippen LogP contribution is 2.40. The molecule has 2 aromatic rings. The lowest BCUT2D eigenvalue weighted by molar-refractivity contribution is 0.287. The maximum absolute atomic E-state index is 12.8. The summed E-state index contributed by atoms with van der Waals surface area (Å²) >= 11 is 0. The van der Waals surface area contributed by atoms with E-state index in [2.05, 4.69) is 14.8 Å². The Kier molecular flexibility index (Phi) is 3.71. The van der Waals surface area contributed by atoms with Gasteiger partial charge in [-0.3, -0.25) is 9.40 Å². The highest BCUT2D eigenvalue weighted by Gasteiger charge is 2.30. The van der Waals surface area contributed by atoms with Gasteiger partial charge in [0.15, 0.2) is 5.03 Å². The molecule has 1 aliphatic carbocycles. The molecule has 1 saturated carbocycles. The monoisotopic (exact) mass is 348 g/mol. The molecule has 1 N–H and O–H groups in total. The minimum Gasteiger partial charge on any atom is -0.492 e. The number of anilines is 1. The Morgan fingerprint density at radius 1 is 1.38 bits per heavy atom. The fourth-order valence-corrected chi connectivity index (χ4v) is 4.16. The minimum absolute atomic E-state index is 0.197. The molecule has 2 aliphatic rings. The van der Waals surface area contributed by atoms with Gasteiger partial charge in [-0.2, -0.15) is 13.5 Å². The number of ether oxygens (including phenoxy) is 1. The summed E-state index contributed by atoms with van der Waals surface area (Å²) in [6, 6.07) is 3.44. The average molecular weight is 348 g/mol. The third-order valence-corrected chi connectivity index (χ3v) is 5.72. The Labute approximate surface area is 141 Å². The first kappa shape index (κ1) is 15.4. The predicted molar refractivity (Wildman–Crippen MR) is 88.7 cm³/mol. The quantitative estimate of drug-likeness (QED) is 0.896. The Morgan fingerprint density at radius 3 is 2.96 bits per heavy atom. The van der Waals surface area contributed by atoms with Gasteiger partial charge in [0.2, 0.25) is 0 Å². The van der Waals surface area contributed by atoms with E-state index in [-0.39, 0.29) is 5.03 Å². The van der Waals surface area contributed by atoms with Crippen LogP contribution in [0.15, 0.2) is 23.4 Å². The second-order valence-corrected chi connectivity index (χ2v) is 7.86. The van der Waals surface area contributed by atoms with Gasteiger partial charge in [0.1, 0.15) is 11.6 Å². The maximum atomic E-state index is 12.8. The van der Waals surface area contributed by atoms with Crippen molar-refractivity contribution < 1.29 is 13.2 Å². The van der Waals surface area contributed by atoms with Crippen LogP contribution < -0.4 is 9.46 Å². The number of aromatic nitrogens is 3. The summed E-state index contributed by atoms with van der Waals surface area (Å²) < 4.78 is 35.2. The van der Waals surface area contributed by atoms with Crippen molar-refractivity contribution in [1.82, 2.24) is 14.8 Å². The zero-order valence-corrected chi connectivity index (χ0v) is 14.3. The molecule has 1 fully saturated rings. The van der Waals surface area contributed by atoms with Crippen molar-refractivity contribution >= 4 is 15.8 Å². The number of pyridine rings is 1. The molecule has 0 radical (unpaired) electrons. The first-order valence-corrected chi connectivity index (χ1v) is 9.77. The summed E-state index contributed by atoms with van der Waals surface area (Å²) in [6.45, 7) is 3.07. The van der Waals surface area contributed by atoms with Crippen LogP contribution in [0.2, 0.25) is 0 Å². The fraction of sp³-hybridized carbons (Fsp3) is 0.500. The van der Waals surface area contributed by atoms with Crippen LogP contribution in [0.4, 0.5) is 5.82 Å². The van der Waals surface area contributed by atoms with E-state index in [9.17, 15) is 8.42 Å². The molecular formula is C16H20N4O3S. The van der Waals surface area contributed by atoms with E-state index in [0.29, 0.717) is 24.9 Å². The molecule has 0 bridgehead atoms. The highest BCUT2D eigenvalue weighted by atomic mass is 32.2. The van der Waals surface area contributed by atoms with Crippen LogP contribution in [0.3, 0.4) is 0 Å². The molecule has 0 aromatic carbocycles. The van der Waals surface area contributed by atoms with Gasteiger partial charge in [-0.15, -0.1) is 0 Å². The number of sulfonamides is 1. The zero-order chi connectivity index (χ0) is 16.7. The van der Waals surface area contributed by atoms with Crippen LogP contribution in [0.25, 0.3) is 0 Å². The van der Waals surface area contributed by atoms with Crippen LogP contribution in [-0.4, -0.2) is 29.8 Å². The van der Waals surface area contributed by atoms with Crippen molar-refractivity contribution in [2.75, 3.05) is 11.3 Å². The van der Waals surface area contributed by atoms with Gasteiger partial charge in [-0.05, 0) is 44.2 Å². The molecule has 0 spiro atoms. The SMILES string of the molecule is CCn1nc(C2CC2)cc1S(=O)(=O)Nc1cc2c(cn1)OCCC2. The fourth-order valence-electron chi connectivity index (χ4n) is 2.94. The van der Waals surface area contributed by atoms with Gasteiger partial charge in [0.05, 0.1) is 18.5 Å². The van der Waals surface area contributed by atoms with Crippen LogP contribution in [0, 0.1) is 0 Å². The molecule has 0 amide bonds. The molecule has 0 atom stereocenters. The molecule has 0 saturated heterocycles. The van der Waals surface area contributed by atoms with Crippen LogP contribution >= 0.6 is 0 Å². The van der Waals surface area contributed by atoms with Gasteiger partial charge in [0, 0.05) is 18.5 Å². The number of aryl methyl sites for hydroxylation is 2. The Balaban J connectivity index is 1.63. The number of fused-ring (bicyclic) bond motifs is 1. The Bertz CT molecular complexity index is 871. The lowest BCUT2D eigenvalue weighted by atomic mass is 10.1. The largest absolute Gasteiger partial charge is 0.492 e. The molecule has 0 unspecified atom stereocenters. The smallest absolute Gasteiger partial charge is 0.280 e. The second-order valence-electron chi connectivity index (χ2n) is 6.23. The normalized spacial score (nSPS) is 17.2.